The van der Waals surface area contributed by atoms with E-state index >= 15 is 0 Å². The van der Waals surface area contributed by atoms with E-state index in [4.69, 9.17) is 9.47 Å². The number of benzene rings is 7. The molecule has 7 aromatic carbocycles. The van der Waals surface area contributed by atoms with Gasteiger partial charge in [0.1, 0.15) is 23.0 Å². The van der Waals surface area contributed by atoms with Crippen molar-refractivity contribution in [1.29, 1.82) is 0 Å². The maximum atomic E-state index is 7.01. The smallest absolute Gasteiger partial charge is 0.149 e. The molecular formula is C48H34O2S2. The number of para-hydroxylation sites is 2. The molecule has 7 aromatic rings. The normalized spacial score (nSPS) is 15.8. The van der Waals surface area contributed by atoms with E-state index in [2.05, 4.69) is 161 Å². The average Bonchev–Trinajstić information content (AvgIpc) is 3.56. The predicted molar refractivity (Wildman–Crippen MR) is 214 cm³/mol. The minimum Gasteiger partial charge on any atom is -0.454 e. The Morgan fingerprint density at radius 3 is 1.17 bits per heavy atom. The Bertz CT molecular complexity index is 2500. The Labute approximate surface area is 312 Å². The van der Waals surface area contributed by atoms with Crippen molar-refractivity contribution in [3.8, 4) is 67.5 Å². The molecule has 0 saturated heterocycles. The van der Waals surface area contributed by atoms with Crippen molar-refractivity contribution < 1.29 is 9.47 Å². The molecule has 0 radical (unpaired) electrons. The zero-order chi connectivity index (χ0) is 34.9. The van der Waals surface area contributed by atoms with Crippen molar-refractivity contribution in [3.63, 3.8) is 0 Å². The van der Waals surface area contributed by atoms with Gasteiger partial charge in [-0.2, -0.15) is 0 Å². The summed E-state index contributed by atoms with van der Waals surface area (Å²) in [6, 6.07) is 48.5. The maximum absolute atomic E-state index is 7.01. The lowest BCUT2D eigenvalue weighted by atomic mass is 9.82. The largest absolute Gasteiger partial charge is 0.454 e. The zero-order valence-corrected chi connectivity index (χ0v) is 31.0. The van der Waals surface area contributed by atoms with Crippen molar-refractivity contribution in [3.05, 3.63) is 156 Å². The number of rotatable bonds is 2. The first-order valence-electron chi connectivity index (χ1n) is 17.9. The van der Waals surface area contributed by atoms with Gasteiger partial charge in [-0.05, 0) is 68.8 Å². The molecule has 250 valence electrons. The molecule has 0 unspecified atom stereocenters. The summed E-state index contributed by atoms with van der Waals surface area (Å²) in [6.45, 7) is 9.28. The molecule has 0 bridgehead atoms. The molecule has 0 spiro atoms. The zero-order valence-electron chi connectivity index (χ0n) is 29.3. The second kappa shape index (κ2) is 10.7. The van der Waals surface area contributed by atoms with Crippen LogP contribution in [-0.4, -0.2) is 0 Å². The molecule has 2 nitrogen and oxygen atoms in total. The average molecular weight is 707 g/mol. The van der Waals surface area contributed by atoms with Gasteiger partial charge in [0.05, 0.1) is 19.6 Å². The minimum absolute atomic E-state index is 0.0767. The first kappa shape index (κ1) is 30.5. The maximum Gasteiger partial charge on any atom is 0.149 e. The van der Waals surface area contributed by atoms with Gasteiger partial charge >= 0.3 is 0 Å². The van der Waals surface area contributed by atoms with E-state index in [1.165, 1.54) is 44.5 Å². The summed E-state index contributed by atoms with van der Waals surface area (Å²) in [7, 11) is 0. The topological polar surface area (TPSA) is 18.5 Å². The molecule has 0 aromatic heterocycles. The standard InChI is InChI=1S/C48H34O2S2/c1-47(2)33-15-7-5-11-31(33)41-35(47)23-25-39-45(41)49-43-29(13-9-17-37(43)51-39)27-19-21-28(22-20-27)30-14-10-18-38-44(30)50-46-40(52-38)26-24-36-42(46)32-12-6-8-16-34(32)48(36,3)4/h5-26H,1-4H3. The van der Waals surface area contributed by atoms with Crippen LogP contribution < -0.4 is 9.47 Å². The first-order chi connectivity index (χ1) is 25.3. The van der Waals surface area contributed by atoms with E-state index in [-0.39, 0.29) is 10.8 Å². The third kappa shape index (κ3) is 4.11. The van der Waals surface area contributed by atoms with Gasteiger partial charge in [0, 0.05) is 33.1 Å². The molecule has 4 aliphatic rings. The number of hydrogen-bond donors (Lipinski definition) is 0. The van der Waals surface area contributed by atoms with Gasteiger partial charge in [-0.25, -0.2) is 0 Å². The highest BCUT2D eigenvalue weighted by Gasteiger charge is 2.41. The summed E-state index contributed by atoms with van der Waals surface area (Å²) >= 11 is 3.60. The molecule has 2 heterocycles. The van der Waals surface area contributed by atoms with Crippen LogP contribution in [0.4, 0.5) is 0 Å². The van der Waals surface area contributed by atoms with E-state index in [0.29, 0.717) is 0 Å². The molecule has 52 heavy (non-hydrogen) atoms. The lowest BCUT2D eigenvalue weighted by molar-refractivity contribution is 0.457. The Morgan fingerprint density at radius 2 is 0.731 bits per heavy atom. The first-order valence-corrected chi connectivity index (χ1v) is 19.6. The SMILES string of the molecule is CC1(C)c2ccccc2-c2c1ccc1c2Oc2c(cccc2-c2ccc(-c3cccc4c3Oc3c(ccc5c3-c3ccccc3C5(C)C)S4)cc2)S1. The molecule has 0 fully saturated rings. The van der Waals surface area contributed by atoms with Crippen LogP contribution in [0.5, 0.6) is 23.0 Å². The fourth-order valence-electron chi connectivity index (χ4n) is 8.98. The van der Waals surface area contributed by atoms with Gasteiger partial charge in [0.2, 0.25) is 0 Å². The van der Waals surface area contributed by atoms with Gasteiger partial charge in [-0.15, -0.1) is 0 Å². The molecule has 4 heteroatoms. The highest BCUT2D eigenvalue weighted by atomic mass is 32.2. The van der Waals surface area contributed by atoms with Gasteiger partial charge in [0.25, 0.3) is 0 Å². The summed E-state index contributed by atoms with van der Waals surface area (Å²) in [6.07, 6.45) is 0. The van der Waals surface area contributed by atoms with E-state index in [1.807, 2.05) is 0 Å². The van der Waals surface area contributed by atoms with Crippen LogP contribution in [0.1, 0.15) is 49.9 Å². The summed E-state index contributed by atoms with van der Waals surface area (Å²) in [4.78, 5) is 4.60. The van der Waals surface area contributed by atoms with Gasteiger partial charge in [0.15, 0.2) is 0 Å². The van der Waals surface area contributed by atoms with Crippen LogP contribution in [-0.2, 0) is 10.8 Å². The Hall–Kier alpha value is -5.16. The summed E-state index contributed by atoms with van der Waals surface area (Å²) in [5.74, 6) is 3.79. The highest BCUT2D eigenvalue weighted by Crippen LogP contribution is 2.61. The van der Waals surface area contributed by atoms with Crippen molar-refractivity contribution in [1.82, 2.24) is 0 Å². The van der Waals surface area contributed by atoms with Crippen LogP contribution >= 0.6 is 23.5 Å². The fourth-order valence-corrected chi connectivity index (χ4v) is 11.0. The lowest BCUT2D eigenvalue weighted by Gasteiger charge is -2.26. The molecule has 0 N–H and O–H groups in total. The molecule has 0 amide bonds. The summed E-state index contributed by atoms with van der Waals surface area (Å²) < 4.78 is 14.0. The quantitative estimate of drug-likeness (QED) is 0.178. The minimum atomic E-state index is -0.0767. The molecule has 2 aliphatic heterocycles. The van der Waals surface area contributed by atoms with Gasteiger partial charge < -0.3 is 9.47 Å². The van der Waals surface area contributed by atoms with Crippen LogP contribution in [0.3, 0.4) is 0 Å². The molecular weight excluding hydrogens is 673 g/mol. The summed E-state index contributed by atoms with van der Waals surface area (Å²) in [5.41, 5.74) is 14.7. The van der Waals surface area contributed by atoms with Gasteiger partial charge in [-0.3, -0.25) is 0 Å². The van der Waals surface area contributed by atoms with Crippen LogP contribution in [0.25, 0.3) is 44.5 Å². The highest BCUT2D eigenvalue weighted by molar-refractivity contribution is 8.00. The van der Waals surface area contributed by atoms with E-state index in [0.717, 1.165) is 64.8 Å². The van der Waals surface area contributed by atoms with Crippen LogP contribution in [0.15, 0.2) is 153 Å². The Balaban J connectivity index is 0.964. The molecule has 0 atom stereocenters. The van der Waals surface area contributed by atoms with Crippen molar-refractivity contribution in [2.24, 2.45) is 0 Å². The van der Waals surface area contributed by atoms with E-state index in [9.17, 15) is 0 Å². The van der Waals surface area contributed by atoms with Gasteiger partial charge in [-0.1, -0.05) is 160 Å². The van der Waals surface area contributed by atoms with Crippen molar-refractivity contribution in [2.45, 2.75) is 58.1 Å². The molecule has 0 saturated carbocycles. The van der Waals surface area contributed by atoms with Crippen molar-refractivity contribution in [2.75, 3.05) is 0 Å². The molecule has 11 rings (SSSR count). The lowest BCUT2D eigenvalue weighted by Crippen LogP contribution is -2.15. The van der Waals surface area contributed by atoms with E-state index < -0.39 is 0 Å². The Morgan fingerprint density at radius 1 is 0.346 bits per heavy atom. The third-order valence-electron chi connectivity index (χ3n) is 11.6. The molecule has 2 aliphatic carbocycles. The fraction of sp³-hybridized carbons (Fsp3) is 0.125. The van der Waals surface area contributed by atoms with Crippen molar-refractivity contribution >= 4 is 23.5 Å². The Kier molecular flexibility index (Phi) is 6.26. The number of hydrogen-bond acceptors (Lipinski definition) is 4. The second-order valence-electron chi connectivity index (χ2n) is 15.2. The number of ether oxygens (including phenoxy) is 2. The summed E-state index contributed by atoms with van der Waals surface area (Å²) in [5, 5.41) is 0. The number of fused-ring (bicyclic) bond motifs is 12. The third-order valence-corrected chi connectivity index (χ3v) is 13.8. The monoisotopic (exact) mass is 706 g/mol. The predicted octanol–water partition coefficient (Wildman–Crippen LogP) is 14.1. The second-order valence-corrected chi connectivity index (χ2v) is 17.4. The van der Waals surface area contributed by atoms with Crippen LogP contribution in [0.2, 0.25) is 0 Å². The van der Waals surface area contributed by atoms with Crippen LogP contribution in [0, 0.1) is 0 Å². The van der Waals surface area contributed by atoms with E-state index in [1.54, 1.807) is 23.5 Å².